The van der Waals surface area contributed by atoms with Crippen LogP contribution < -0.4 is 0 Å². The molecule has 15 heavy (non-hydrogen) atoms. The monoisotopic (exact) mass is 211 g/mol. The van der Waals surface area contributed by atoms with Crippen molar-refractivity contribution < 1.29 is 14.6 Å². The predicted molar refractivity (Wildman–Crippen MR) is 53.5 cm³/mol. The molecule has 3 aliphatic rings. The van der Waals surface area contributed by atoms with Gasteiger partial charge in [-0.15, -0.1) is 0 Å². The molecule has 2 aliphatic heterocycles. The topological polar surface area (TPSA) is 49.8 Å². The molecule has 4 heteroatoms. The summed E-state index contributed by atoms with van der Waals surface area (Å²) in [5.74, 6) is -0.344. The molecule has 0 amide bonds. The van der Waals surface area contributed by atoms with Crippen LogP contribution in [0, 0.1) is 17.8 Å². The van der Waals surface area contributed by atoms with E-state index in [2.05, 4.69) is 4.90 Å². The SMILES string of the molecule is O=C(O)C1C2COCC1CN(C1CC1)C2. The maximum Gasteiger partial charge on any atom is 0.307 e. The second-order valence-corrected chi connectivity index (χ2v) is 5.11. The smallest absolute Gasteiger partial charge is 0.307 e. The lowest BCUT2D eigenvalue weighted by atomic mass is 9.76. The number of nitrogens with zero attached hydrogens (tertiary/aromatic N) is 1. The van der Waals surface area contributed by atoms with Crippen LogP contribution in [0.3, 0.4) is 0 Å². The maximum atomic E-state index is 11.2. The first-order chi connectivity index (χ1) is 7.25. The number of carboxylic acid groups (broad SMARTS) is 1. The van der Waals surface area contributed by atoms with Crippen molar-refractivity contribution in [2.75, 3.05) is 26.3 Å². The molecule has 2 unspecified atom stereocenters. The van der Waals surface area contributed by atoms with Gasteiger partial charge in [0.25, 0.3) is 0 Å². The molecule has 0 spiro atoms. The van der Waals surface area contributed by atoms with Gasteiger partial charge in [-0.3, -0.25) is 9.69 Å². The molecule has 4 nitrogen and oxygen atoms in total. The highest BCUT2D eigenvalue weighted by Gasteiger charge is 2.47. The van der Waals surface area contributed by atoms with Gasteiger partial charge in [-0.2, -0.15) is 0 Å². The average Bonchev–Trinajstić information content (AvgIpc) is 2.98. The van der Waals surface area contributed by atoms with Gasteiger partial charge in [-0.1, -0.05) is 0 Å². The lowest BCUT2D eigenvalue weighted by Gasteiger charge is -2.45. The highest BCUT2D eigenvalue weighted by atomic mass is 16.5. The fraction of sp³-hybridized carbons (Fsp3) is 0.909. The molecule has 2 heterocycles. The highest BCUT2D eigenvalue weighted by molar-refractivity contribution is 5.71. The van der Waals surface area contributed by atoms with Gasteiger partial charge in [0.05, 0.1) is 19.1 Å². The second kappa shape index (κ2) is 3.46. The van der Waals surface area contributed by atoms with Crippen LogP contribution in [0.1, 0.15) is 12.8 Å². The number of carbonyl (C=O) groups is 1. The van der Waals surface area contributed by atoms with Crippen LogP contribution in [0.4, 0.5) is 0 Å². The first-order valence-electron chi connectivity index (χ1n) is 5.80. The van der Waals surface area contributed by atoms with Crippen molar-refractivity contribution in [3.05, 3.63) is 0 Å². The quantitative estimate of drug-likeness (QED) is 0.719. The molecule has 1 aliphatic carbocycles. The number of ether oxygens (including phenoxy) is 1. The van der Waals surface area contributed by atoms with Crippen molar-refractivity contribution in [1.29, 1.82) is 0 Å². The number of aliphatic carboxylic acids is 1. The summed E-state index contributed by atoms with van der Waals surface area (Å²) < 4.78 is 5.48. The van der Waals surface area contributed by atoms with Crippen LogP contribution in [-0.4, -0.2) is 48.3 Å². The van der Waals surface area contributed by atoms with Crippen molar-refractivity contribution >= 4 is 5.97 Å². The summed E-state index contributed by atoms with van der Waals surface area (Å²) in [5, 5.41) is 9.21. The zero-order valence-electron chi connectivity index (χ0n) is 8.76. The molecule has 3 fully saturated rings. The normalized spacial score (nSPS) is 41.5. The minimum atomic E-state index is -0.622. The number of piperidine rings is 1. The van der Waals surface area contributed by atoms with Crippen molar-refractivity contribution in [2.24, 2.45) is 17.8 Å². The number of hydrogen-bond donors (Lipinski definition) is 1. The van der Waals surface area contributed by atoms with Crippen LogP contribution in [0.25, 0.3) is 0 Å². The third-order valence-corrected chi connectivity index (χ3v) is 3.97. The standard InChI is InChI=1S/C11H17NO3/c13-11(14)10-7-3-12(9-1-2-9)4-8(10)6-15-5-7/h7-10H,1-6H2,(H,13,14). The molecule has 3 rings (SSSR count). The Hall–Kier alpha value is -0.610. The summed E-state index contributed by atoms with van der Waals surface area (Å²) in [6.45, 7) is 3.13. The Balaban J connectivity index is 1.76. The third-order valence-electron chi connectivity index (χ3n) is 3.97. The molecule has 2 atom stereocenters. The minimum absolute atomic E-state index is 0.159. The number of hydrogen-bond acceptors (Lipinski definition) is 3. The Morgan fingerprint density at radius 1 is 1.20 bits per heavy atom. The van der Waals surface area contributed by atoms with Gasteiger partial charge < -0.3 is 9.84 Å². The first-order valence-corrected chi connectivity index (χ1v) is 5.80. The van der Waals surface area contributed by atoms with Gasteiger partial charge >= 0.3 is 5.97 Å². The summed E-state index contributed by atoms with van der Waals surface area (Å²) in [4.78, 5) is 13.7. The second-order valence-electron chi connectivity index (χ2n) is 5.11. The Kier molecular flexibility index (Phi) is 2.21. The van der Waals surface area contributed by atoms with Gasteiger partial charge in [-0.05, 0) is 12.8 Å². The molecular weight excluding hydrogens is 194 g/mol. The predicted octanol–water partition coefficient (Wildman–Crippen LogP) is 0.428. The van der Waals surface area contributed by atoms with Crippen molar-refractivity contribution in [2.45, 2.75) is 18.9 Å². The number of likely N-dealkylation sites (tertiary alicyclic amines) is 1. The van der Waals surface area contributed by atoms with Crippen molar-refractivity contribution in [1.82, 2.24) is 4.90 Å². The Bertz CT molecular complexity index is 263. The fourth-order valence-corrected chi connectivity index (χ4v) is 3.11. The zero-order valence-corrected chi connectivity index (χ0v) is 8.76. The van der Waals surface area contributed by atoms with E-state index in [1.54, 1.807) is 0 Å². The van der Waals surface area contributed by atoms with Crippen molar-refractivity contribution in [3.63, 3.8) is 0 Å². The minimum Gasteiger partial charge on any atom is -0.481 e. The highest BCUT2D eigenvalue weighted by Crippen LogP contribution is 2.38. The van der Waals surface area contributed by atoms with E-state index in [0.717, 1.165) is 19.1 Å². The third kappa shape index (κ3) is 1.66. The van der Waals surface area contributed by atoms with Gasteiger partial charge in [0.2, 0.25) is 0 Å². The molecule has 84 valence electrons. The summed E-state index contributed by atoms with van der Waals surface area (Å²) in [7, 11) is 0. The molecule has 0 aromatic carbocycles. The number of rotatable bonds is 2. The molecule has 1 saturated carbocycles. The van der Waals surface area contributed by atoms with E-state index in [0.29, 0.717) is 13.2 Å². The van der Waals surface area contributed by atoms with Crippen LogP contribution in [0.5, 0.6) is 0 Å². The number of carboxylic acids is 1. The summed E-state index contributed by atoms with van der Waals surface area (Å²) in [6, 6.07) is 0.753. The molecule has 0 radical (unpaired) electrons. The summed E-state index contributed by atoms with van der Waals surface area (Å²) in [5.41, 5.74) is 0. The lowest BCUT2D eigenvalue weighted by molar-refractivity contribution is -0.160. The van der Waals surface area contributed by atoms with Gasteiger partial charge in [-0.25, -0.2) is 0 Å². The van der Waals surface area contributed by atoms with E-state index in [4.69, 9.17) is 4.74 Å². The first kappa shape index (κ1) is 9.60. The van der Waals surface area contributed by atoms with Crippen LogP contribution in [0.15, 0.2) is 0 Å². The van der Waals surface area contributed by atoms with E-state index in [-0.39, 0.29) is 17.8 Å². The number of fused-ring (bicyclic) bond motifs is 2. The summed E-state index contributed by atoms with van der Waals surface area (Å²) >= 11 is 0. The maximum absolute atomic E-state index is 11.2. The molecule has 2 saturated heterocycles. The van der Waals surface area contributed by atoms with E-state index < -0.39 is 5.97 Å². The van der Waals surface area contributed by atoms with Crippen LogP contribution in [-0.2, 0) is 9.53 Å². The zero-order chi connectivity index (χ0) is 10.4. The summed E-state index contributed by atoms with van der Waals surface area (Å²) in [6.07, 6.45) is 2.61. The fourth-order valence-electron chi connectivity index (χ4n) is 3.11. The Labute approximate surface area is 89.2 Å². The van der Waals surface area contributed by atoms with Gasteiger partial charge in [0.1, 0.15) is 0 Å². The van der Waals surface area contributed by atoms with E-state index >= 15 is 0 Å². The molecule has 2 bridgehead atoms. The van der Waals surface area contributed by atoms with Crippen LogP contribution in [0.2, 0.25) is 0 Å². The van der Waals surface area contributed by atoms with E-state index in [1.807, 2.05) is 0 Å². The molecule has 1 N–H and O–H groups in total. The molecular formula is C11H17NO3. The largest absolute Gasteiger partial charge is 0.481 e. The average molecular weight is 211 g/mol. The lowest BCUT2D eigenvalue weighted by Crippen LogP contribution is -2.55. The molecule has 0 aromatic rings. The van der Waals surface area contributed by atoms with Gasteiger partial charge in [0, 0.05) is 31.0 Å². The Morgan fingerprint density at radius 3 is 2.27 bits per heavy atom. The van der Waals surface area contributed by atoms with Crippen LogP contribution >= 0.6 is 0 Å². The van der Waals surface area contributed by atoms with Crippen molar-refractivity contribution in [3.8, 4) is 0 Å². The Morgan fingerprint density at radius 2 is 1.80 bits per heavy atom. The van der Waals surface area contributed by atoms with Gasteiger partial charge in [0.15, 0.2) is 0 Å². The van der Waals surface area contributed by atoms with E-state index in [9.17, 15) is 9.90 Å². The molecule has 0 aromatic heterocycles. The van der Waals surface area contributed by atoms with E-state index in [1.165, 1.54) is 12.8 Å².